The molecule has 1 heterocycles. The molecule has 0 bridgehead atoms. The van der Waals surface area contributed by atoms with E-state index in [4.69, 9.17) is 14.6 Å². The van der Waals surface area contributed by atoms with Crippen molar-refractivity contribution < 1.29 is 27.5 Å². The van der Waals surface area contributed by atoms with E-state index in [2.05, 4.69) is 23.6 Å². The van der Waals surface area contributed by atoms with Crippen molar-refractivity contribution in [3.63, 3.8) is 0 Å². The number of benzene rings is 2. The van der Waals surface area contributed by atoms with Gasteiger partial charge in [0.1, 0.15) is 5.75 Å². The summed E-state index contributed by atoms with van der Waals surface area (Å²) >= 11 is 0. The molecule has 5 rings (SSSR count). The van der Waals surface area contributed by atoms with Crippen LogP contribution in [0.5, 0.6) is 5.75 Å². The molecule has 1 aromatic heterocycles. The fraction of sp³-hybridized carbons (Fsp3) is 0.579. The molecule has 2 aliphatic carbocycles. The summed E-state index contributed by atoms with van der Waals surface area (Å²) in [4.78, 5) is 28.0. The Hall–Kier alpha value is -3.41. The molecular weight excluding hydrogens is 641 g/mol. The molecule has 2 fully saturated rings. The number of aromatic nitrogens is 1. The molecule has 0 spiro atoms. The van der Waals surface area contributed by atoms with Crippen molar-refractivity contribution in [2.45, 2.75) is 102 Å². The van der Waals surface area contributed by atoms with Crippen LogP contribution in [0.15, 0.2) is 42.5 Å². The van der Waals surface area contributed by atoms with E-state index in [-0.39, 0.29) is 18.5 Å². The van der Waals surface area contributed by atoms with Gasteiger partial charge in [-0.15, -0.1) is 0 Å². The lowest BCUT2D eigenvalue weighted by atomic mass is 9.81. The van der Waals surface area contributed by atoms with Crippen LogP contribution in [0.25, 0.3) is 22.2 Å². The van der Waals surface area contributed by atoms with E-state index in [0.717, 1.165) is 59.6 Å². The maximum Gasteiger partial charge on any atom is 0.338 e. The highest BCUT2D eigenvalue weighted by Gasteiger charge is 2.32. The summed E-state index contributed by atoms with van der Waals surface area (Å²) in [6.45, 7) is 3.17. The lowest BCUT2D eigenvalue weighted by Gasteiger charge is -2.26. The van der Waals surface area contributed by atoms with Crippen LogP contribution in [0.3, 0.4) is 0 Å². The van der Waals surface area contributed by atoms with Gasteiger partial charge in [0.05, 0.1) is 17.9 Å². The van der Waals surface area contributed by atoms with Crippen molar-refractivity contribution in [3.8, 4) is 17.0 Å². The predicted octanol–water partition coefficient (Wildman–Crippen LogP) is 7.18. The van der Waals surface area contributed by atoms with Crippen molar-refractivity contribution in [1.82, 2.24) is 13.8 Å². The molecule has 2 saturated carbocycles. The number of nitrogens with two attached hydrogens (primary N) is 1. The fourth-order valence-corrected chi connectivity index (χ4v) is 7.83. The van der Waals surface area contributed by atoms with E-state index in [9.17, 15) is 18.0 Å². The number of esters is 1. The van der Waals surface area contributed by atoms with Crippen molar-refractivity contribution >= 4 is 33.0 Å². The number of hydrogen-bond acceptors (Lipinski definition) is 6. The molecule has 2 aromatic carbocycles. The largest absolute Gasteiger partial charge is 0.483 e. The van der Waals surface area contributed by atoms with Crippen LogP contribution < -0.4 is 9.88 Å². The van der Waals surface area contributed by atoms with Crippen LogP contribution >= 0.6 is 0 Å². The summed E-state index contributed by atoms with van der Waals surface area (Å²) in [6.07, 6.45) is 13.4. The Bertz CT molecular complexity index is 1690. The molecular formula is C38H54N4O6S. The van der Waals surface area contributed by atoms with Gasteiger partial charge in [-0.1, -0.05) is 63.6 Å². The highest BCUT2D eigenvalue weighted by atomic mass is 32.2. The topological polar surface area (TPSA) is 124 Å². The number of carbonyl (C=O) groups excluding carboxylic acids is 2. The van der Waals surface area contributed by atoms with Gasteiger partial charge in [0.25, 0.3) is 16.1 Å². The second-order valence-electron chi connectivity index (χ2n) is 13.8. The Morgan fingerprint density at radius 3 is 2.33 bits per heavy atom. The molecule has 0 radical (unpaired) electrons. The number of rotatable bonds is 16. The Labute approximate surface area is 292 Å². The van der Waals surface area contributed by atoms with Gasteiger partial charge in [0.15, 0.2) is 6.61 Å². The van der Waals surface area contributed by atoms with Crippen LogP contribution in [0.4, 0.5) is 0 Å². The molecule has 0 unspecified atom stereocenters. The first-order chi connectivity index (χ1) is 23.6. The number of likely N-dealkylation sites (N-methyl/N-ethyl adjacent to an activating group) is 1. The van der Waals surface area contributed by atoms with Gasteiger partial charge in [-0.05, 0) is 80.7 Å². The standard InChI is InChI=1S/C38H54N4O6S/c1-4-5-25-47-38(44)29-21-22-31-33(26-29)42(30-17-9-10-18-30)37(36(31)28-15-7-6-8-16-28)32-19-11-12-20-34(32)48-27-35(43)40(2)23-13-14-24-41(3)49(39,45)46/h11-12,19-22,26,28,30H,4-10,13-18,23-25,27H2,1-3H3,(H2,39,45,46). The fourth-order valence-electron chi connectivity index (χ4n) is 7.45. The second kappa shape index (κ2) is 17.0. The van der Waals surface area contributed by atoms with Gasteiger partial charge in [0, 0.05) is 49.7 Å². The lowest BCUT2D eigenvalue weighted by molar-refractivity contribution is -0.132. The van der Waals surface area contributed by atoms with Crippen LogP contribution in [0.2, 0.25) is 0 Å². The van der Waals surface area contributed by atoms with E-state index in [1.54, 1.807) is 11.9 Å². The predicted molar refractivity (Wildman–Crippen MR) is 194 cm³/mol. The SMILES string of the molecule is CCCCOC(=O)c1ccc2c(C3CCCCC3)c(-c3ccccc3OCC(=O)N(C)CCCCN(C)S(N)(=O)=O)n(C3CCCC3)c2c1. The molecule has 1 amide bonds. The minimum absolute atomic E-state index is 0.110. The van der Waals surface area contributed by atoms with E-state index in [0.29, 0.717) is 55.8 Å². The molecule has 2 aliphatic rings. The molecule has 0 saturated heterocycles. The Kier molecular flexibility index (Phi) is 12.8. The minimum Gasteiger partial charge on any atom is -0.483 e. The normalized spacial score (nSPS) is 16.0. The number of ether oxygens (including phenoxy) is 2. The summed E-state index contributed by atoms with van der Waals surface area (Å²) in [5.74, 6) is 0.630. The third-order valence-corrected chi connectivity index (χ3v) is 11.3. The summed E-state index contributed by atoms with van der Waals surface area (Å²) in [6, 6.07) is 14.4. The zero-order valence-corrected chi connectivity index (χ0v) is 30.3. The Morgan fingerprint density at radius 1 is 0.918 bits per heavy atom. The molecule has 11 heteroatoms. The molecule has 3 aromatic rings. The average molecular weight is 695 g/mol. The molecule has 0 atom stereocenters. The quantitative estimate of drug-likeness (QED) is 0.125. The molecule has 10 nitrogen and oxygen atoms in total. The first-order valence-electron chi connectivity index (χ1n) is 18.1. The van der Waals surface area contributed by atoms with Crippen LogP contribution in [0, 0.1) is 0 Å². The van der Waals surface area contributed by atoms with E-state index >= 15 is 0 Å². The zero-order valence-electron chi connectivity index (χ0n) is 29.5. The van der Waals surface area contributed by atoms with Crippen molar-refractivity contribution in [1.29, 1.82) is 0 Å². The molecule has 2 N–H and O–H groups in total. The van der Waals surface area contributed by atoms with Gasteiger partial charge in [0.2, 0.25) is 0 Å². The zero-order chi connectivity index (χ0) is 35.0. The van der Waals surface area contributed by atoms with Crippen LogP contribution in [-0.2, 0) is 19.7 Å². The van der Waals surface area contributed by atoms with Gasteiger partial charge in [-0.3, -0.25) is 4.79 Å². The highest BCUT2D eigenvalue weighted by molar-refractivity contribution is 7.86. The number of carbonyl (C=O) groups is 2. The number of unbranched alkanes of at least 4 members (excludes halogenated alkanes) is 2. The molecule has 268 valence electrons. The number of fused-ring (bicyclic) bond motifs is 1. The summed E-state index contributed by atoms with van der Waals surface area (Å²) in [5, 5.41) is 6.36. The lowest BCUT2D eigenvalue weighted by Crippen LogP contribution is -2.35. The van der Waals surface area contributed by atoms with Gasteiger partial charge >= 0.3 is 5.97 Å². The average Bonchev–Trinajstić information content (AvgIpc) is 3.75. The first-order valence-corrected chi connectivity index (χ1v) is 19.7. The third kappa shape index (κ3) is 9.04. The number of hydrogen-bond donors (Lipinski definition) is 1. The molecule has 0 aliphatic heterocycles. The molecule has 49 heavy (non-hydrogen) atoms. The van der Waals surface area contributed by atoms with Crippen molar-refractivity contribution in [2.24, 2.45) is 5.14 Å². The summed E-state index contributed by atoms with van der Waals surface area (Å²) in [7, 11) is -0.526. The van der Waals surface area contributed by atoms with Crippen molar-refractivity contribution in [2.75, 3.05) is 40.4 Å². The van der Waals surface area contributed by atoms with Gasteiger partial charge < -0.3 is 18.9 Å². The maximum absolute atomic E-state index is 13.2. The first kappa shape index (κ1) is 36.9. The second-order valence-corrected chi connectivity index (χ2v) is 15.5. The minimum atomic E-state index is -3.71. The van der Waals surface area contributed by atoms with Gasteiger partial charge in [-0.2, -0.15) is 12.7 Å². The maximum atomic E-state index is 13.2. The third-order valence-electron chi connectivity index (χ3n) is 10.3. The van der Waals surface area contributed by atoms with Crippen LogP contribution in [0.1, 0.15) is 118 Å². The smallest absolute Gasteiger partial charge is 0.338 e. The van der Waals surface area contributed by atoms with Crippen molar-refractivity contribution in [3.05, 3.63) is 53.6 Å². The van der Waals surface area contributed by atoms with E-state index < -0.39 is 10.2 Å². The summed E-state index contributed by atoms with van der Waals surface area (Å²) < 4.78 is 38.5. The Morgan fingerprint density at radius 2 is 1.61 bits per heavy atom. The summed E-state index contributed by atoms with van der Waals surface area (Å²) in [5.41, 5.74) is 5.11. The number of para-hydroxylation sites is 1. The van der Waals surface area contributed by atoms with E-state index in [1.807, 2.05) is 30.3 Å². The number of amides is 1. The monoisotopic (exact) mass is 694 g/mol. The Balaban J connectivity index is 1.47. The van der Waals surface area contributed by atoms with Crippen LogP contribution in [-0.4, -0.2) is 74.5 Å². The van der Waals surface area contributed by atoms with Gasteiger partial charge in [-0.25, -0.2) is 9.93 Å². The van der Waals surface area contributed by atoms with E-state index in [1.165, 1.54) is 50.1 Å². The highest BCUT2D eigenvalue weighted by Crippen LogP contribution is 2.49. The number of nitrogens with zero attached hydrogens (tertiary/aromatic N) is 3.